The van der Waals surface area contributed by atoms with Crippen molar-refractivity contribution < 1.29 is 169 Å². The molecule has 0 amide bonds. The number of aromatic nitrogens is 6. The van der Waals surface area contributed by atoms with Gasteiger partial charge in [-0.05, 0) is 186 Å². The fourth-order valence-electron chi connectivity index (χ4n) is 15.0. The maximum absolute atomic E-state index is 14.0. The second-order valence-electron chi connectivity index (χ2n) is 30.5. The van der Waals surface area contributed by atoms with Gasteiger partial charge in [-0.1, -0.05) is 239 Å². The molecule has 4 aliphatic rings. The number of hydrogen-bond donors (Lipinski definition) is 2. The van der Waals surface area contributed by atoms with Crippen molar-refractivity contribution in [2.75, 3.05) is 14.2 Å². The van der Waals surface area contributed by atoms with Crippen LogP contribution in [0, 0.1) is 158 Å². The summed E-state index contributed by atoms with van der Waals surface area (Å²) in [5.41, 5.74) is 10.6. The normalized spacial score (nSPS) is 12.3. The minimum atomic E-state index is -6.09. The molecule has 0 saturated heterocycles. The van der Waals surface area contributed by atoms with Crippen molar-refractivity contribution in [1.82, 2.24) is 29.9 Å². The molecule has 2 N–H and O–H groups in total. The Bertz CT molecular complexity index is 5470. The predicted molar refractivity (Wildman–Crippen MR) is 508 cm³/mol. The van der Waals surface area contributed by atoms with Crippen molar-refractivity contribution in [3.63, 3.8) is 0 Å². The Labute approximate surface area is 867 Å². The summed E-state index contributed by atoms with van der Waals surface area (Å²) >= 11 is 0. The van der Waals surface area contributed by atoms with Crippen molar-refractivity contribution in [2.45, 2.75) is 161 Å². The van der Waals surface area contributed by atoms with E-state index >= 15 is 0 Å². The summed E-state index contributed by atoms with van der Waals surface area (Å²) in [6.07, 6.45) is 35.2. The molecule has 0 radical (unpaired) electrons. The molecule has 6 aromatic heterocycles. The van der Waals surface area contributed by atoms with Crippen LogP contribution in [-0.4, -0.2) is 72.8 Å². The molecular weight excluding hydrogens is 2560 g/mol. The average Bonchev–Trinajstić information content (AvgIpc) is 1.11. The van der Waals surface area contributed by atoms with Gasteiger partial charge in [0, 0.05) is 127 Å². The van der Waals surface area contributed by atoms with E-state index in [1.54, 1.807) is 122 Å². The number of aliphatic hydroxyl groups is 2. The van der Waals surface area contributed by atoms with Crippen LogP contribution in [0.4, 0.5) is 65.9 Å². The largest absolute Gasteiger partial charge is 3.00 e. The first-order valence-corrected chi connectivity index (χ1v) is 43.8. The zero-order valence-corrected chi connectivity index (χ0v) is 89.3. The van der Waals surface area contributed by atoms with Gasteiger partial charge in [-0.15, -0.1) is 60.7 Å². The molecule has 11 nitrogen and oxygen atoms in total. The molecule has 0 atom stereocenters. The van der Waals surface area contributed by atoms with Gasteiger partial charge < -0.3 is 69.4 Å². The molecule has 18 rings (SSSR count). The summed E-state index contributed by atoms with van der Waals surface area (Å²) in [5.74, 6) is -6.23. The van der Waals surface area contributed by atoms with E-state index in [1.165, 1.54) is 172 Å². The van der Waals surface area contributed by atoms with Crippen LogP contribution in [0.15, 0.2) is 237 Å². The molecular formula is C109H109F15Ir2N6O5Os2S. The maximum atomic E-state index is 14.0. The predicted octanol–water partition coefficient (Wildman–Crippen LogP) is 30.0. The molecule has 4 aliphatic carbocycles. The molecule has 0 aliphatic heterocycles. The Balaban J connectivity index is 0.00000160. The van der Waals surface area contributed by atoms with E-state index in [4.69, 9.17) is 23.2 Å². The Hall–Kier alpha value is -9.99. The van der Waals surface area contributed by atoms with Crippen LogP contribution in [-0.2, 0) is 89.9 Å². The molecule has 14 aromatic rings. The van der Waals surface area contributed by atoms with Crippen LogP contribution in [0.2, 0.25) is 0 Å². The van der Waals surface area contributed by atoms with E-state index in [1.807, 2.05) is 12.1 Å². The summed E-state index contributed by atoms with van der Waals surface area (Å²) in [4.78, 5) is 24.6. The fraction of sp³-hybridized carbons (Fsp3) is 0.248. The third-order valence-corrected chi connectivity index (χ3v) is 21.7. The Kier molecular flexibility index (Phi) is 62.0. The van der Waals surface area contributed by atoms with Gasteiger partial charge in [0.25, 0.3) is 0 Å². The summed E-state index contributed by atoms with van der Waals surface area (Å²) in [6, 6.07) is 63.0. The molecule has 750 valence electrons. The SMILES string of the molecule is C1CCCC1.C1CCCC1.CO.CO.Cc1cc(C2CCCC2)cc(C)c1-c1ccc(-c2[c-]cc(F)cc2F)nc1.Cc1cc(C2CCCC2)cc(C)c1-c1ccc(-c2ccc(F)cc2F)nc1.Fc1c[c-]c(-c2ccccn2)c(F)c1.Fc1c[c-]c(-c2ccccn2)c(F)c1.Fc1c[c-]c(-c2ccccn2)c(F)c1.Fc1c[c-]c(-c2ccccn2)c(F)c1.O=S(=O)([O-])C(F)(F)F.[CH3-].[CH3-].[CH3-].[CH3-].[Ir+3].[Ir+3].[Os+2].[Os+2]. The van der Waals surface area contributed by atoms with Crippen LogP contribution in [0.3, 0.4) is 0 Å². The first kappa shape index (κ1) is 130. The van der Waals surface area contributed by atoms with Gasteiger partial charge in [-0.2, -0.15) is 13.2 Å². The maximum Gasteiger partial charge on any atom is 3.00 e. The molecule has 4 saturated carbocycles. The van der Waals surface area contributed by atoms with Gasteiger partial charge in [-0.25, -0.2) is 17.2 Å². The average molecular weight is 2670 g/mol. The Morgan fingerprint density at radius 2 is 0.543 bits per heavy atom. The molecule has 4 fully saturated rings. The minimum Gasteiger partial charge on any atom is -0.741 e. The van der Waals surface area contributed by atoms with Crippen molar-refractivity contribution >= 4 is 10.1 Å². The van der Waals surface area contributed by atoms with Crippen LogP contribution in [0.5, 0.6) is 0 Å². The monoisotopic (exact) mass is 2670 g/mol. The van der Waals surface area contributed by atoms with Gasteiger partial charge in [0.15, 0.2) is 10.1 Å². The number of hydrogen-bond acceptors (Lipinski definition) is 11. The third kappa shape index (κ3) is 40.8. The number of alkyl halides is 3. The summed E-state index contributed by atoms with van der Waals surface area (Å²) in [6.45, 7) is 8.58. The van der Waals surface area contributed by atoms with Gasteiger partial charge in [-0.3, -0.25) is 48.9 Å². The van der Waals surface area contributed by atoms with Gasteiger partial charge in [0.2, 0.25) is 0 Å². The van der Waals surface area contributed by atoms with E-state index in [9.17, 15) is 65.9 Å². The molecule has 0 spiro atoms. The van der Waals surface area contributed by atoms with Gasteiger partial charge in [0.05, 0.1) is 5.69 Å². The van der Waals surface area contributed by atoms with E-state index in [0.29, 0.717) is 51.6 Å². The molecule has 0 bridgehead atoms. The number of rotatable bonds is 10. The van der Waals surface area contributed by atoms with Crippen LogP contribution < -0.4 is 0 Å². The number of halogens is 15. The molecule has 140 heavy (non-hydrogen) atoms. The van der Waals surface area contributed by atoms with E-state index in [0.717, 1.165) is 92.1 Å². The van der Waals surface area contributed by atoms with Crippen LogP contribution in [0.1, 0.15) is 161 Å². The number of benzene rings is 8. The van der Waals surface area contributed by atoms with Crippen molar-refractivity contribution in [3.05, 3.63) is 401 Å². The molecule has 6 heterocycles. The fourth-order valence-corrected chi connectivity index (χ4v) is 15.0. The number of aliphatic hydroxyl groups excluding tert-OH is 2. The zero-order chi connectivity index (χ0) is 95.9. The first-order valence-electron chi connectivity index (χ1n) is 42.4. The number of pyridine rings is 6. The molecule has 31 heteroatoms. The zero-order valence-electron chi connectivity index (χ0n) is 78.7. The second-order valence-corrected chi connectivity index (χ2v) is 31.9. The Morgan fingerprint density at radius 3 is 0.743 bits per heavy atom. The van der Waals surface area contributed by atoms with E-state index < -0.39 is 85.4 Å². The second kappa shape index (κ2) is 66.7. The summed E-state index contributed by atoms with van der Waals surface area (Å²) in [7, 11) is -4.09. The number of nitrogens with zero attached hydrogens (tertiary/aromatic N) is 6. The van der Waals surface area contributed by atoms with E-state index in [2.05, 4.69) is 112 Å². The smallest absolute Gasteiger partial charge is 0.741 e. The van der Waals surface area contributed by atoms with E-state index in [-0.39, 0.29) is 137 Å². The Morgan fingerprint density at radius 1 is 0.314 bits per heavy atom. The topological polar surface area (TPSA) is 175 Å². The van der Waals surface area contributed by atoms with Gasteiger partial charge >= 0.3 is 85.3 Å². The minimum absolute atomic E-state index is 0. The summed E-state index contributed by atoms with van der Waals surface area (Å²) < 4.78 is 216. The van der Waals surface area contributed by atoms with Crippen molar-refractivity contribution in [1.29, 1.82) is 0 Å². The quantitative estimate of drug-likeness (QED) is 0.0577. The van der Waals surface area contributed by atoms with Crippen LogP contribution in [0.25, 0.3) is 89.8 Å². The third-order valence-electron chi connectivity index (χ3n) is 21.1. The molecule has 8 aromatic carbocycles. The number of aryl methyl sites for hydroxylation is 4. The first-order chi connectivity index (χ1) is 63.4. The molecule has 0 unspecified atom stereocenters. The van der Waals surface area contributed by atoms with Crippen molar-refractivity contribution in [3.8, 4) is 89.8 Å². The van der Waals surface area contributed by atoms with Gasteiger partial charge in [0.1, 0.15) is 11.6 Å². The van der Waals surface area contributed by atoms with Crippen molar-refractivity contribution in [2.24, 2.45) is 0 Å². The standard InChI is InChI=1S/C24H23F2N.C24H22F2N.4C11H6F2N.2C5H10.CHF3O3S.2CH4O.4CH3.2Ir.2Os/c2*1-15-11-19(17-5-3-4-6-17)12-16(2)24(15)18-7-10-23(27-14-18)21-9-8-20(25)13-22(21)26;4*12-8-4-5-9(10(13)7-8)11-3-1-2-6-14-11;2*1-2-4-5-3-1;2-1(3,4)8(5,6)7;2*1-2;;;;;;;;/h7-14,17H,3-6H2,1-2H3;7-8,10-14,17H,3-6H2,1-2H3;4*1-4,6-7H;2*1-5H2;(H,5,6,7);2*2H,1H3;4*1H3;;;;/q;5*-1;;;;;;4*-1;2*+3;2*+2/p-1. The van der Waals surface area contributed by atoms with Crippen LogP contribution >= 0.6 is 0 Å². The summed E-state index contributed by atoms with van der Waals surface area (Å²) in [5, 5.41) is 14.0.